The van der Waals surface area contributed by atoms with Crippen LogP contribution in [0.25, 0.3) is 10.8 Å². The summed E-state index contributed by atoms with van der Waals surface area (Å²) in [4.78, 5) is -0.973. The summed E-state index contributed by atoms with van der Waals surface area (Å²) in [6.45, 7) is 1.78. The Morgan fingerprint density at radius 3 is 2.07 bits per heavy atom. The molecule has 10 nitrogen and oxygen atoms in total. The number of aromatic hydroxyl groups is 2. The van der Waals surface area contributed by atoms with Gasteiger partial charge in [0.05, 0.1) is 14.8 Å². The Morgan fingerprint density at radius 2 is 1.47 bits per heavy atom. The highest BCUT2D eigenvalue weighted by Gasteiger charge is 2.26. The number of benzene rings is 3. The van der Waals surface area contributed by atoms with Crippen LogP contribution in [-0.4, -0.2) is 37.5 Å². The van der Waals surface area contributed by atoms with Gasteiger partial charge in [-0.15, -0.1) is 10.2 Å². The quantitative estimate of drug-likeness (QED) is 0.189. The van der Waals surface area contributed by atoms with Gasteiger partial charge in [-0.2, -0.15) is 0 Å². The molecule has 0 aliphatic rings. The van der Waals surface area contributed by atoms with Gasteiger partial charge in [-0.25, -0.2) is 0 Å². The van der Waals surface area contributed by atoms with Gasteiger partial charge < -0.3 is 37.5 Å². The van der Waals surface area contributed by atoms with E-state index in [1.165, 1.54) is 6.07 Å². The first-order chi connectivity index (χ1) is 13.8. The van der Waals surface area contributed by atoms with Gasteiger partial charge >= 0.3 is 0 Å². The number of azo groups is 1. The molecule has 0 aromatic heterocycles. The van der Waals surface area contributed by atoms with Crippen molar-refractivity contribution in [3.05, 3.63) is 47.0 Å². The Morgan fingerprint density at radius 1 is 0.800 bits per heavy atom. The highest BCUT2D eigenvalue weighted by atomic mass is 35.5. The Bertz CT molecular complexity index is 1180. The molecule has 3 rings (SSSR count). The van der Waals surface area contributed by atoms with E-state index >= 15 is 0 Å². The normalized spacial score (nSPS) is 13.9. The number of phenols is 2. The van der Waals surface area contributed by atoms with Gasteiger partial charge in [0.1, 0.15) is 33.1 Å². The monoisotopic (exact) mass is 476 g/mol. The standard InChI is InChI=1S/C17H17ClN2O8S2/c1-8-2-3-11-9(4-8)5-14(30(26,27)28)15(16(11)21)20-19-13-7-10(29(23,24)25)6-12(18)17(13)22/h2-7,21-28H,1H3. The second-order valence-electron chi connectivity index (χ2n) is 6.31. The molecule has 0 saturated heterocycles. The van der Waals surface area contributed by atoms with Crippen LogP contribution in [0, 0.1) is 6.92 Å². The first-order valence-corrected chi connectivity index (χ1v) is 11.4. The number of fused-ring (bicyclic) bond motifs is 1. The molecule has 0 amide bonds. The highest BCUT2D eigenvalue weighted by Crippen LogP contribution is 2.55. The van der Waals surface area contributed by atoms with E-state index in [9.17, 15) is 37.5 Å². The zero-order valence-electron chi connectivity index (χ0n) is 15.1. The predicted octanol–water partition coefficient (Wildman–Crippen LogP) is 6.79. The fourth-order valence-electron chi connectivity index (χ4n) is 2.68. The minimum atomic E-state index is -4.33. The Hall–Kier alpha value is -2.13. The minimum Gasteiger partial charge on any atom is -0.505 e. The third-order valence-corrected chi connectivity index (χ3v) is 6.15. The van der Waals surface area contributed by atoms with Gasteiger partial charge in [0, 0.05) is 5.39 Å². The van der Waals surface area contributed by atoms with Crippen LogP contribution in [0.1, 0.15) is 5.56 Å². The van der Waals surface area contributed by atoms with Crippen LogP contribution in [0.3, 0.4) is 0 Å². The molecular weight excluding hydrogens is 460 g/mol. The Balaban J connectivity index is 2.23. The van der Waals surface area contributed by atoms with E-state index in [1.807, 2.05) is 0 Å². The SMILES string of the molecule is Cc1ccc2c(O)c(N=Nc3cc(S(O)(O)O)cc(Cl)c3O)c(S(O)(O)O)cc2c1. The number of phenolic OH excluding ortho intramolecular Hbond substituents is 2. The van der Waals surface area contributed by atoms with E-state index in [0.29, 0.717) is 5.39 Å². The van der Waals surface area contributed by atoms with Crippen molar-refractivity contribution in [2.24, 2.45) is 10.2 Å². The summed E-state index contributed by atoms with van der Waals surface area (Å²) >= 11 is 5.80. The Labute approximate surface area is 178 Å². The lowest BCUT2D eigenvalue weighted by Crippen LogP contribution is -1.97. The number of hydrogen-bond acceptors (Lipinski definition) is 10. The zero-order chi connectivity index (χ0) is 22.4. The molecule has 0 fully saturated rings. The van der Waals surface area contributed by atoms with Crippen molar-refractivity contribution < 1.29 is 37.5 Å². The third-order valence-electron chi connectivity index (χ3n) is 4.09. The van der Waals surface area contributed by atoms with Crippen molar-refractivity contribution in [3.8, 4) is 11.5 Å². The van der Waals surface area contributed by atoms with Crippen molar-refractivity contribution in [1.29, 1.82) is 0 Å². The minimum absolute atomic E-state index is 0.280. The lowest BCUT2D eigenvalue weighted by molar-refractivity contribution is 0.373. The van der Waals surface area contributed by atoms with Crippen LogP contribution in [-0.2, 0) is 0 Å². The molecule has 3 aromatic rings. The third kappa shape index (κ3) is 4.46. The van der Waals surface area contributed by atoms with Crippen LogP contribution < -0.4 is 0 Å². The molecule has 30 heavy (non-hydrogen) atoms. The van der Waals surface area contributed by atoms with Gasteiger partial charge in [0.25, 0.3) is 0 Å². The van der Waals surface area contributed by atoms with Crippen molar-refractivity contribution in [1.82, 2.24) is 0 Å². The topological polar surface area (TPSA) is 187 Å². The highest BCUT2D eigenvalue weighted by molar-refractivity contribution is 8.19. The summed E-state index contributed by atoms with van der Waals surface area (Å²) in [7, 11) is -8.52. The van der Waals surface area contributed by atoms with E-state index in [0.717, 1.165) is 17.7 Å². The zero-order valence-corrected chi connectivity index (χ0v) is 17.5. The first kappa shape index (κ1) is 22.6. The summed E-state index contributed by atoms with van der Waals surface area (Å²) in [5, 5.41) is 28.3. The molecule has 13 heteroatoms. The van der Waals surface area contributed by atoms with Crippen molar-refractivity contribution >= 4 is 55.5 Å². The number of rotatable bonds is 4. The van der Waals surface area contributed by atoms with Crippen LogP contribution in [0.15, 0.2) is 56.4 Å². The van der Waals surface area contributed by atoms with Gasteiger partial charge in [-0.1, -0.05) is 35.4 Å². The van der Waals surface area contributed by atoms with E-state index in [1.54, 1.807) is 25.1 Å². The molecule has 0 radical (unpaired) electrons. The maximum Gasteiger partial charge on any atom is 0.161 e. The molecule has 3 aromatic carbocycles. The lowest BCUT2D eigenvalue weighted by atomic mass is 10.1. The summed E-state index contributed by atoms with van der Waals surface area (Å²) < 4.78 is 57.5. The second-order valence-corrected chi connectivity index (χ2v) is 9.70. The molecule has 0 unspecified atom stereocenters. The molecule has 0 bridgehead atoms. The maximum atomic E-state index is 10.6. The lowest BCUT2D eigenvalue weighted by Gasteiger charge is -2.22. The van der Waals surface area contributed by atoms with E-state index in [4.69, 9.17) is 11.6 Å². The van der Waals surface area contributed by atoms with Crippen molar-refractivity contribution in [2.45, 2.75) is 16.7 Å². The number of aryl methyl sites for hydroxylation is 1. The Kier molecular flexibility index (Phi) is 5.90. The molecule has 8 N–H and O–H groups in total. The number of hydrogen-bond donors (Lipinski definition) is 8. The van der Waals surface area contributed by atoms with Gasteiger partial charge in [0.2, 0.25) is 0 Å². The molecule has 0 heterocycles. The van der Waals surface area contributed by atoms with E-state index in [-0.39, 0.29) is 10.4 Å². The van der Waals surface area contributed by atoms with Crippen LogP contribution in [0.4, 0.5) is 11.4 Å². The fraction of sp³-hybridized carbons (Fsp3) is 0.0588. The molecule has 0 aliphatic heterocycles. The van der Waals surface area contributed by atoms with Crippen LogP contribution in [0.2, 0.25) is 5.02 Å². The van der Waals surface area contributed by atoms with Crippen molar-refractivity contribution in [2.75, 3.05) is 0 Å². The predicted molar refractivity (Wildman–Crippen MR) is 115 cm³/mol. The molecule has 0 saturated carbocycles. The molecule has 0 aliphatic carbocycles. The van der Waals surface area contributed by atoms with Crippen LogP contribution in [0.5, 0.6) is 11.5 Å². The second kappa shape index (κ2) is 7.85. The first-order valence-electron chi connectivity index (χ1n) is 8.01. The van der Waals surface area contributed by atoms with E-state index in [2.05, 4.69) is 10.2 Å². The summed E-state index contributed by atoms with van der Waals surface area (Å²) in [6.07, 6.45) is 0. The number of nitrogens with zero attached hydrogens (tertiary/aromatic N) is 2. The van der Waals surface area contributed by atoms with Crippen LogP contribution >= 0.6 is 33.3 Å². The summed E-state index contributed by atoms with van der Waals surface area (Å²) in [6, 6.07) is 7.92. The van der Waals surface area contributed by atoms with E-state index < -0.39 is 54.4 Å². The summed E-state index contributed by atoms with van der Waals surface area (Å²) in [5.74, 6) is -1.14. The number of halogens is 1. The van der Waals surface area contributed by atoms with Gasteiger partial charge in [-0.05, 0) is 30.5 Å². The van der Waals surface area contributed by atoms with Gasteiger partial charge in [-0.3, -0.25) is 0 Å². The average Bonchev–Trinajstić information content (AvgIpc) is 2.61. The molecule has 162 valence electrons. The average molecular weight is 477 g/mol. The molecule has 0 atom stereocenters. The maximum absolute atomic E-state index is 10.6. The largest absolute Gasteiger partial charge is 0.505 e. The van der Waals surface area contributed by atoms with Gasteiger partial charge in [0.15, 0.2) is 11.5 Å². The molecule has 0 spiro atoms. The molecular formula is C17H17ClN2O8S2. The fourth-order valence-corrected chi connectivity index (χ4v) is 4.18. The van der Waals surface area contributed by atoms with Crippen molar-refractivity contribution in [3.63, 3.8) is 0 Å². The summed E-state index contributed by atoms with van der Waals surface area (Å²) in [5.41, 5.74) is -0.100. The smallest absolute Gasteiger partial charge is 0.161 e.